The van der Waals surface area contributed by atoms with Gasteiger partial charge in [0.25, 0.3) is 0 Å². The van der Waals surface area contributed by atoms with E-state index in [9.17, 15) is 5.11 Å². The Morgan fingerprint density at radius 2 is 1.04 bits per heavy atom. The van der Waals surface area contributed by atoms with Gasteiger partial charge in [-0.2, -0.15) is 0 Å². The highest BCUT2D eigenvalue weighted by molar-refractivity contribution is 7.80. The molecule has 1 saturated carbocycles. The first-order valence-corrected chi connectivity index (χ1v) is 19.8. The van der Waals surface area contributed by atoms with Crippen LogP contribution < -0.4 is 36.6 Å². The number of para-hydroxylation sites is 2. The van der Waals surface area contributed by atoms with Crippen LogP contribution in [-0.2, 0) is 12.8 Å². The van der Waals surface area contributed by atoms with Crippen molar-refractivity contribution >= 4 is 47.7 Å². The second-order valence-corrected chi connectivity index (χ2v) is 17.4. The zero-order valence-corrected chi connectivity index (χ0v) is 28.8. The first-order chi connectivity index (χ1) is 23.7. The maximum atomic E-state index is 12.0. The minimum absolute atomic E-state index is 0.128. The highest BCUT2D eigenvalue weighted by Gasteiger charge is 2.40. The quantitative estimate of drug-likeness (QED) is 0.168. The summed E-state index contributed by atoms with van der Waals surface area (Å²) in [6.07, 6.45) is 5.50. The second kappa shape index (κ2) is 14.1. The normalized spacial score (nSPS) is 18.6. The van der Waals surface area contributed by atoms with Gasteiger partial charge >= 0.3 is 0 Å². The standard InChI is InChI=1S/C44H40O2P2/c45-42-32(16-14-28-40(42)47(36-20-5-1-6-21-36)37-22-7-2-8-23-37)30-33-17-13-18-34-31-35-19-15-29-41(44(35)46-43(33)34)48(38-24-9-3-10-25-38)39-26-11-4-12-27-39/h1-12,14-16,19-29,33-34,43,45H,13,17-18,30-31H2/t33-,34?,43?/m1/s1. The molecule has 8 rings (SSSR count). The predicted molar refractivity (Wildman–Crippen MR) is 205 cm³/mol. The third kappa shape index (κ3) is 6.21. The van der Waals surface area contributed by atoms with Gasteiger partial charge in [-0.25, -0.2) is 0 Å². The van der Waals surface area contributed by atoms with E-state index in [2.05, 4.69) is 158 Å². The van der Waals surface area contributed by atoms with Gasteiger partial charge in [0.15, 0.2) is 0 Å². The average molecular weight is 663 g/mol. The summed E-state index contributed by atoms with van der Waals surface area (Å²) in [4.78, 5) is 0. The summed E-state index contributed by atoms with van der Waals surface area (Å²) in [5, 5.41) is 19.5. The average Bonchev–Trinajstić information content (AvgIpc) is 3.15. The maximum absolute atomic E-state index is 12.0. The molecule has 0 radical (unpaired) electrons. The van der Waals surface area contributed by atoms with Crippen molar-refractivity contribution in [1.29, 1.82) is 0 Å². The van der Waals surface area contributed by atoms with E-state index in [4.69, 9.17) is 4.74 Å². The van der Waals surface area contributed by atoms with Crippen molar-refractivity contribution in [3.63, 3.8) is 0 Å². The van der Waals surface area contributed by atoms with Crippen LogP contribution in [0, 0.1) is 11.8 Å². The molecule has 4 heteroatoms. The molecule has 2 unspecified atom stereocenters. The van der Waals surface area contributed by atoms with Crippen molar-refractivity contribution in [2.45, 2.75) is 38.2 Å². The van der Waals surface area contributed by atoms with Gasteiger partial charge in [-0.1, -0.05) is 164 Å². The minimum atomic E-state index is -0.892. The molecule has 1 fully saturated rings. The molecular formula is C44H40O2P2. The summed E-state index contributed by atoms with van der Waals surface area (Å²) in [5.41, 5.74) is 2.38. The van der Waals surface area contributed by atoms with E-state index in [0.717, 1.165) is 35.9 Å². The first kappa shape index (κ1) is 31.1. The number of hydrogen-bond acceptors (Lipinski definition) is 2. The topological polar surface area (TPSA) is 29.5 Å². The number of fused-ring (bicyclic) bond motifs is 2. The van der Waals surface area contributed by atoms with Crippen molar-refractivity contribution in [2.24, 2.45) is 11.8 Å². The summed E-state index contributed by atoms with van der Waals surface area (Å²) < 4.78 is 7.27. The molecule has 1 heterocycles. The Morgan fingerprint density at radius 1 is 0.542 bits per heavy atom. The van der Waals surface area contributed by atoms with Crippen LogP contribution >= 0.6 is 15.8 Å². The van der Waals surface area contributed by atoms with Crippen LogP contribution in [0.2, 0.25) is 0 Å². The third-order valence-corrected chi connectivity index (χ3v) is 14.9. The number of hydrogen-bond donors (Lipinski definition) is 1. The first-order valence-electron chi connectivity index (χ1n) is 17.1. The van der Waals surface area contributed by atoms with Gasteiger partial charge in [-0.15, -0.1) is 0 Å². The fourth-order valence-electron chi connectivity index (χ4n) is 7.82. The molecule has 0 bridgehead atoms. The van der Waals surface area contributed by atoms with Crippen LogP contribution in [0.15, 0.2) is 158 Å². The van der Waals surface area contributed by atoms with Gasteiger partial charge in [0.1, 0.15) is 17.6 Å². The Kier molecular flexibility index (Phi) is 9.13. The van der Waals surface area contributed by atoms with Crippen LogP contribution in [0.4, 0.5) is 0 Å². The lowest BCUT2D eigenvalue weighted by molar-refractivity contribution is 0.0253. The number of benzene rings is 6. The van der Waals surface area contributed by atoms with Crippen molar-refractivity contribution in [2.75, 3.05) is 0 Å². The van der Waals surface area contributed by atoms with Crippen molar-refractivity contribution < 1.29 is 9.84 Å². The number of phenols is 1. The fourth-order valence-corrected chi connectivity index (χ4v) is 12.6. The van der Waals surface area contributed by atoms with E-state index < -0.39 is 15.8 Å². The minimum Gasteiger partial charge on any atom is -0.507 e. The summed E-state index contributed by atoms with van der Waals surface area (Å²) in [7, 11) is -1.66. The molecule has 6 aromatic rings. The van der Waals surface area contributed by atoms with Crippen LogP contribution in [0.25, 0.3) is 0 Å². The Hall–Kier alpha value is -4.22. The molecule has 6 aromatic carbocycles. The molecule has 3 atom stereocenters. The molecule has 0 amide bonds. The Balaban J connectivity index is 1.14. The van der Waals surface area contributed by atoms with Crippen molar-refractivity contribution in [3.05, 3.63) is 169 Å². The van der Waals surface area contributed by atoms with Gasteiger partial charge < -0.3 is 9.84 Å². The van der Waals surface area contributed by atoms with Gasteiger partial charge in [0.05, 0.1) is 0 Å². The number of rotatable bonds is 8. The molecule has 1 aliphatic carbocycles. The van der Waals surface area contributed by atoms with E-state index >= 15 is 0 Å². The highest BCUT2D eigenvalue weighted by atomic mass is 31.1. The highest BCUT2D eigenvalue weighted by Crippen LogP contribution is 2.46. The summed E-state index contributed by atoms with van der Waals surface area (Å²) in [5.74, 6) is 2.37. The molecule has 238 valence electrons. The summed E-state index contributed by atoms with van der Waals surface area (Å²) in [6, 6.07) is 56.4. The summed E-state index contributed by atoms with van der Waals surface area (Å²) in [6.45, 7) is 0. The molecule has 1 aliphatic heterocycles. The van der Waals surface area contributed by atoms with E-state index in [1.807, 2.05) is 0 Å². The molecular weight excluding hydrogens is 622 g/mol. The van der Waals surface area contributed by atoms with E-state index in [-0.39, 0.29) is 6.10 Å². The van der Waals surface area contributed by atoms with Gasteiger partial charge in [0.2, 0.25) is 0 Å². The van der Waals surface area contributed by atoms with Crippen LogP contribution in [0.5, 0.6) is 11.5 Å². The third-order valence-electron chi connectivity index (χ3n) is 10.0. The van der Waals surface area contributed by atoms with Crippen LogP contribution in [0.3, 0.4) is 0 Å². The molecule has 0 saturated heterocycles. The maximum Gasteiger partial charge on any atom is 0.131 e. The number of aromatic hydroxyl groups is 1. The Bertz CT molecular complexity index is 1890. The Labute approximate surface area is 287 Å². The van der Waals surface area contributed by atoms with Gasteiger partial charge in [0, 0.05) is 22.4 Å². The fraction of sp³-hybridized carbons (Fsp3) is 0.182. The lowest BCUT2D eigenvalue weighted by atomic mass is 9.72. The molecule has 1 N–H and O–H groups in total. The molecule has 2 nitrogen and oxygen atoms in total. The molecule has 48 heavy (non-hydrogen) atoms. The lowest BCUT2D eigenvalue weighted by Crippen LogP contribution is -2.44. The molecule has 2 aliphatic rings. The largest absolute Gasteiger partial charge is 0.507 e. The van der Waals surface area contributed by atoms with Crippen molar-refractivity contribution in [3.8, 4) is 11.5 Å². The zero-order chi connectivity index (χ0) is 32.3. The monoisotopic (exact) mass is 662 g/mol. The van der Waals surface area contributed by atoms with E-state index in [1.165, 1.54) is 44.9 Å². The summed E-state index contributed by atoms with van der Waals surface area (Å²) >= 11 is 0. The SMILES string of the molecule is Oc1c(C[C@H]2CCCC3Cc4cccc(P(c5ccccc5)c5ccccc5)c4OC32)cccc1P(c1ccccc1)c1ccccc1. The Morgan fingerprint density at radius 3 is 1.60 bits per heavy atom. The number of phenolic OH excluding ortho intramolecular Hbond substituents is 1. The van der Waals surface area contributed by atoms with E-state index in [1.54, 1.807) is 0 Å². The predicted octanol–water partition coefficient (Wildman–Crippen LogP) is 7.87. The lowest BCUT2D eigenvalue weighted by Gasteiger charge is -2.43. The molecule has 0 aromatic heterocycles. The number of ether oxygens (including phenoxy) is 1. The smallest absolute Gasteiger partial charge is 0.131 e. The zero-order valence-electron chi connectivity index (χ0n) is 27.0. The second-order valence-electron chi connectivity index (χ2n) is 13.0. The van der Waals surface area contributed by atoms with Crippen LogP contribution in [-0.4, -0.2) is 11.2 Å². The van der Waals surface area contributed by atoms with Gasteiger partial charge in [-0.3, -0.25) is 0 Å². The van der Waals surface area contributed by atoms with E-state index in [0.29, 0.717) is 17.6 Å². The molecule has 0 spiro atoms. The van der Waals surface area contributed by atoms with Gasteiger partial charge in [-0.05, 0) is 73.9 Å². The van der Waals surface area contributed by atoms with Crippen molar-refractivity contribution in [1.82, 2.24) is 0 Å². The van der Waals surface area contributed by atoms with Crippen LogP contribution in [0.1, 0.15) is 30.4 Å².